The largest absolute Gasteiger partial charge is 0.480 e. The van der Waals surface area contributed by atoms with Crippen LogP contribution in [0.15, 0.2) is 0 Å². The first kappa shape index (κ1) is 13.5. The number of carboxylic acids is 1. The van der Waals surface area contributed by atoms with Crippen molar-refractivity contribution in [2.45, 2.75) is 31.5 Å². The van der Waals surface area contributed by atoms with E-state index in [2.05, 4.69) is 0 Å². The first-order chi connectivity index (χ1) is 8.50. The van der Waals surface area contributed by atoms with Crippen LogP contribution in [0.1, 0.15) is 13.3 Å². The van der Waals surface area contributed by atoms with Crippen molar-refractivity contribution in [3.8, 4) is 0 Å². The van der Waals surface area contributed by atoms with Crippen LogP contribution < -0.4 is 0 Å². The predicted molar refractivity (Wildman–Crippen MR) is 67.6 cm³/mol. The maximum absolute atomic E-state index is 12.3. The molecule has 2 fully saturated rings. The summed E-state index contributed by atoms with van der Waals surface area (Å²) in [7, 11) is 0. The van der Waals surface area contributed by atoms with Gasteiger partial charge < -0.3 is 20.0 Å². The number of β-amino-alcohol motifs (C(OH)–C–C–N with tert-alkyl or cyclic N) is 1. The zero-order valence-electron chi connectivity index (χ0n) is 10.3. The Kier molecular flexibility index (Phi) is 4.01. The van der Waals surface area contributed by atoms with Crippen molar-refractivity contribution >= 4 is 23.8 Å². The van der Waals surface area contributed by atoms with Gasteiger partial charge in [0.15, 0.2) is 0 Å². The minimum atomic E-state index is -1.04. The molecule has 2 heterocycles. The highest BCUT2D eigenvalue weighted by molar-refractivity contribution is 7.99. The highest BCUT2D eigenvalue weighted by Crippen LogP contribution is 2.23. The lowest BCUT2D eigenvalue weighted by atomic mass is 10.2. The topological polar surface area (TPSA) is 81.1 Å². The zero-order valence-corrected chi connectivity index (χ0v) is 11.1. The summed E-state index contributed by atoms with van der Waals surface area (Å²) in [6.07, 6.45) is -0.609. The van der Waals surface area contributed by atoms with E-state index in [9.17, 15) is 14.7 Å². The van der Waals surface area contributed by atoms with Crippen LogP contribution in [0.4, 0.5) is 4.79 Å². The number of aliphatic hydroxyl groups excluding tert-OH is 1. The molecule has 0 aromatic carbocycles. The lowest BCUT2D eigenvalue weighted by Gasteiger charge is -2.37. The van der Waals surface area contributed by atoms with Gasteiger partial charge in [-0.2, -0.15) is 11.8 Å². The molecule has 0 radical (unpaired) electrons. The third-order valence-corrected chi connectivity index (χ3v) is 4.61. The highest BCUT2D eigenvalue weighted by Gasteiger charge is 2.41. The smallest absolute Gasteiger partial charge is 0.326 e. The fraction of sp³-hybridized carbons (Fsp3) is 0.818. The third kappa shape index (κ3) is 2.56. The molecule has 0 saturated carbocycles. The lowest BCUT2D eigenvalue weighted by Crippen LogP contribution is -2.53. The van der Waals surface area contributed by atoms with E-state index in [1.54, 1.807) is 16.7 Å². The molecule has 2 N–H and O–H groups in total. The molecule has 0 aromatic heterocycles. The number of urea groups is 1. The number of carbonyl (C=O) groups is 2. The Morgan fingerprint density at radius 3 is 2.67 bits per heavy atom. The minimum absolute atomic E-state index is 0.114. The summed E-state index contributed by atoms with van der Waals surface area (Å²) >= 11 is 1.80. The fourth-order valence-electron chi connectivity index (χ4n) is 2.44. The highest BCUT2D eigenvalue weighted by atomic mass is 32.2. The molecule has 0 aliphatic carbocycles. The number of thioether (sulfide) groups is 1. The number of carboxylic acid groups (broad SMARTS) is 1. The Morgan fingerprint density at radius 2 is 2.06 bits per heavy atom. The Bertz CT molecular complexity index is 352. The van der Waals surface area contributed by atoms with Gasteiger partial charge in [-0.1, -0.05) is 0 Å². The van der Waals surface area contributed by atoms with Crippen LogP contribution in [0.2, 0.25) is 0 Å². The Hall–Kier alpha value is -0.950. The van der Waals surface area contributed by atoms with Crippen LogP contribution in [0.5, 0.6) is 0 Å². The summed E-state index contributed by atoms with van der Waals surface area (Å²) in [5.74, 6) is 0.711. The van der Waals surface area contributed by atoms with Gasteiger partial charge in [0, 0.05) is 37.1 Å². The molecule has 2 aliphatic rings. The van der Waals surface area contributed by atoms with Crippen molar-refractivity contribution in [2.75, 3.05) is 24.6 Å². The summed E-state index contributed by atoms with van der Waals surface area (Å²) in [6, 6.07) is -1.04. The average Bonchev–Trinajstić information content (AvgIpc) is 2.71. The standard InChI is InChI=1S/C11H18N2O4S/c1-7-6-18-3-2-12(7)11(17)13-5-8(14)4-9(13)10(15)16/h7-9,14H,2-6H2,1H3,(H,15,16)/t7?,8-,9-/m1/s1. The van der Waals surface area contributed by atoms with Gasteiger partial charge in [-0.15, -0.1) is 0 Å². The van der Waals surface area contributed by atoms with Gasteiger partial charge in [0.2, 0.25) is 0 Å². The molecule has 102 valence electrons. The summed E-state index contributed by atoms with van der Waals surface area (Å²) < 4.78 is 0. The van der Waals surface area contributed by atoms with Gasteiger partial charge in [-0.3, -0.25) is 0 Å². The number of hydrogen-bond donors (Lipinski definition) is 2. The number of aliphatic carboxylic acids is 1. The van der Waals surface area contributed by atoms with Crippen LogP contribution in [0.25, 0.3) is 0 Å². The number of aliphatic hydroxyl groups is 1. The summed E-state index contributed by atoms with van der Waals surface area (Å²) in [6.45, 7) is 2.72. The molecule has 2 amide bonds. The van der Waals surface area contributed by atoms with Crippen LogP contribution in [0, 0.1) is 0 Å². The molecule has 0 bridgehead atoms. The normalized spacial score (nSPS) is 32.7. The van der Waals surface area contributed by atoms with Crippen molar-refractivity contribution in [2.24, 2.45) is 0 Å². The molecule has 0 spiro atoms. The molecule has 1 unspecified atom stereocenters. The SMILES string of the molecule is CC1CSCCN1C(=O)N1C[C@H](O)C[C@@H]1C(=O)O. The van der Waals surface area contributed by atoms with Gasteiger partial charge in [-0.05, 0) is 6.92 Å². The van der Waals surface area contributed by atoms with E-state index in [1.807, 2.05) is 6.92 Å². The van der Waals surface area contributed by atoms with E-state index in [4.69, 9.17) is 5.11 Å². The Balaban J connectivity index is 2.09. The van der Waals surface area contributed by atoms with Crippen LogP contribution in [-0.2, 0) is 4.79 Å². The number of likely N-dealkylation sites (tertiary alicyclic amines) is 1. The maximum atomic E-state index is 12.3. The fourth-order valence-corrected chi connectivity index (χ4v) is 3.45. The van der Waals surface area contributed by atoms with Crippen molar-refractivity contribution in [1.82, 2.24) is 9.80 Å². The quantitative estimate of drug-likeness (QED) is 0.707. The molecular formula is C11H18N2O4S. The molecule has 18 heavy (non-hydrogen) atoms. The number of rotatable bonds is 1. The molecule has 0 aromatic rings. The van der Waals surface area contributed by atoms with Crippen molar-refractivity contribution in [3.05, 3.63) is 0 Å². The molecule has 7 heteroatoms. The van der Waals surface area contributed by atoms with E-state index < -0.39 is 18.1 Å². The van der Waals surface area contributed by atoms with E-state index in [0.29, 0.717) is 6.54 Å². The molecule has 2 aliphatic heterocycles. The van der Waals surface area contributed by atoms with Gasteiger partial charge in [0.25, 0.3) is 0 Å². The second-order valence-corrected chi connectivity index (χ2v) is 5.95. The van der Waals surface area contributed by atoms with Crippen LogP contribution >= 0.6 is 11.8 Å². The maximum Gasteiger partial charge on any atom is 0.326 e. The summed E-state index contributed by atoms with van der Waals surface area (Å²) in [5.41, 5.74) is 0. The van der Waals surface area contributed by atoms with E-state index in [1.165, 1.54) is 4.90 Å². The zero-order chi connectivity index (χ0) is 13.3. The first-order valence-corrected chi connectivity index (χ1v) is 7.22. The van der Waals surface area contributed by atoms with Gasteiger partial charge >= 0.3 is 12.0 Å². The Morgan fingerprint density at radius 1 is 1.33 bits per heavy atom. The van der Waals surface area contributed by atoms with E-state index in [0.717, 1.165) is 11.5 Å². The average molecular weight is 274 g/mol. The molecule has 2 saturated heterocycles. The monoisotopic (exact) mass is 274 g/mol. The first-order valence-electron chi connectivity index (χ1n) is 6.06. The molecule has 3 atom stereocenters. The summed E-state index contributed by atoms with van der Waals surface area (Å²) in [5, 5.41) is 18.6. The van der Waals surface area contributed by atoms with Crippen molar-refractivity contribution in [3.63, 3.8) is 0 Å². The summed E-state index contributed by atoms with van der Waals surface area (Å²) in [4.78, 5) is 26.4. The van der Waals surface area contributed by atoms with Gasteiger partial charge in [-0.25, -0.2) is 9.59 Å². The molecule has 2 rings (SSSR count). The number of amides is 2. The predicted octanol–water partition coefficient (Wildman–Crippen LogP) is 0.0635. The van der Waals surface area contributed by atoms with Gasteiger partial charge in [0.1, 0.15) is 6.04 Å². The van der Waals surface area contributed by atoms with Gasteiger partial charge in [0.05, 0.1) is 6.10 Å². The van der Waals surface area contributed by atoms with E-state index >= 15 is 0 Å². The van der Waals surface area contributed by atoms with Crippen molar-refractivity contribution < 1.29 is 19.8 Å². The lowest BCUT2D eigenvalue weighted by molar-refractivity contribution is -0.141. The second kappa shape index (κ2) is 5.36. The van der Waals surface area contributed by atoms with Crippen molar-refractivity contribution in [1.29, 1.82) is 0 Å². The number of nitrogens with zero attached hydrogens (tertiary/aromatic N) is 2. The van der Waals surface area contributed by atoms with Crippen LogP contribution in [0.3, 0.4) is 0 Å². The third-order valence-electron chi connectivity index (χ3n) is 3.42. The molecular weight excluding hydrogens is 256 g/mol. The van der Waals surface area contributed by atoms with E-state index in [-0.39, 0.29) is 25.0 Å². The number of carbonyl (C=O) groups excluding carboxylic acids is 1. The second-order valence-electron chi connectivity index (χ2n) is 4.80. The molecule has 6 nitrogen and oxygen atoms in total. The Labute approximate surface area is 110 Å². The number of hydrogen-bond acceptors (Lipinski definition) is 4. The van der Waals surface area contributed by atoms with Crippen LogP contribution in [-0.4, -0.2) is 74.8 Å². The minimum Gasteiger partial charge on any atom is -0.480 e.